The van der Waals surface area contributed by atoms with Gasteiger partial charge in [0.05, 0.1) is 5.54 Å². The maximum atomic E-state index is 12.7. The van der Waals surface area contributed by atoms with Crippen molar-refractivity contribution < 1.29 is 13.6 Å². The molecule has 0 heterocycles. The molecule has 1 aliphatic carbocycles. The second-order valence-corrected chi connectivity index (χ2v) is 6.87. The predicted molar refractivity (Wildman–Crippen MR) is 93.2 cm³/mol. The van der Waals surface area contributed by atoms with E-state index >= 15 is 0 Å². The van der Waals surface area contributed by atoms with E-state index in [0.717, 1.165) is 29.3 Å². The molecule has 2 amide bonds. The van der Waals surface area contributed by atoms with Crippen molar-refractivity contribution in [2.45, 2.75) is 31.2 Å². The lowest BCUT2D eigenvalue weighted by Crippen LogP contribution is -2.52. The Morgan fingerprint density at radius 1 is 1.12 bits per heavy atom. The number of rotatable bonds is 4. The van der Waals surface area contributed by atoms with Crippen molar-refractivity contribution in [3.8, 4) is 0 Å². The molecule has 0 spiro atoms. The molecule has 0 saturated heterocycles. The third kappa shape index (κ3) is 3.59. The molecule has 2 aromatic rings. The fourth-order valence-corrected chi connectivity index (χ4v) is 3.33. The minimum absolute atomic E-state index is 0.113. The van der Waals surface area contributed by atoms with Crippen molar-refractivity contribution in [2.75, 3.05) is 5.32 Å². The number of nitrogens with one attached hydrogen (secondary N) is 2. The molecule has 6 heteroatoms. The number of alkyl halides is 2. The summed E-state index contributed by atoms with van der Waals surface area (Å²) in [5.74, 6) is 0. The van der Waals surface area contributed by atoms with Crippen LogP contribution in [0.4, 0.5) is 19.3 Å². The summed E-state index contributed by atoms with van der Waals surface area (Å²) in [4.78, 5) is 12.3. The van der Waals surface area contributed by atoms with Crippen LogP contribution >= 0.6 is 15.9 Å². The molecule has 0 atom stereocenters. The first kappa shape index (κ1) is 16.9. The summed E-state index contributed by atoms with van der Waals surface area (Å²) in [5, 5.41) is 5.66. The lowest BCUT2D eigenvalue weighted by atomic mass is 9.72. The molecule has 3 nitrogen and oxygen atoms in total. The van der Waals surface area contributed by atoms with Crippen molar-refractivity contribution in [1.29, 1.82) is 0 Å². The van der Waals surface area contributed by atoms with E-state index in [2.05, 4.69) is 26.6 Å². The monoisotopic (exact) mass is 394 g/mol. The van der Waals surface area contributed by atoms with Crippen LogP contribution in [0.5, 0.6) is 0 Å². The number of hydrogen-bond acceptors (Lipinski definition) is 1. The average Bonchev–Trinajstić information content (AvgIpc) is 2.51. The van der Waals surface area contributed by atoms with Gasteiger partial charge in [0, 0.05) is 15.7 Å². The fourth-order valence-electron chi connectivity index (χ4n) is 2.93. The van der Waals surface area contributed by atoms with E-state index < -0.39 is 12.0 Å². The Morgan fingerprint density at radius 3 is 2.50 bits per heavy atom. The number of amides is 2. The zero-order chi connectivity index (χ0) is 17.2. The molecule has 0 aromatic heterocycles. The topological polar surface area (TPSA) is 41.1 Å². The number of halogens is 3. The number of carbonyl (C=O) groups excluding carboxylic acids is 1. The van der Waals surface area contributed by atoms with Gasteiger partial charge in [-0.05, 0) is 49.1 Å². The standard InChI is InChI=1S/C18H17BrF2N2O/c19-14-6-2-5-13(11-14)18(8-3-9-18)23-17(24)22-15-7-1-4-12(10-15)16(20)21/h1-2,4-7,10-11,16H,3,8-9H2,(H2,22,23,24). The molecular weight excluding hydrogens is 378 g/mol. The van der Waals surface area contributed by atoms with Gasteiger partial charge in [-0.2, -0.15) is 0 Å². The van der Waals surface area contributed by atoms with Gasteiger partial charge in [-0.1, -0.05) is 40.2 Å². The summed E-state index contributed by atoms with van der Waals surface area (Å²) >= 11 is 3.45. The Labute approximate surface area is 147 Å². The number of urea groups is 1. The summed E-state index contributed by atoms with van der Waals surface area (Å²) in [7, 11) is 0. The molecule has 0 aliphatic heterocycles. The van der Waals surface area contributed by atoms with Crippen molar-refractivity contribution in [1.82, 2.24) is 5.32 Å². The van der Waals surface area contributed by atoms with E-state index in [4.69, 9.17) is 0 Å². The molecule has 24 heavy (non-hydrogen) atoms. The largest absolute Gasteiger partial charge is 0.328 e. The first-order valence-electron chi connectivity index (χ1n) is 7.72. The van der Waals surface area contributed by atoms with Gasteiger partial charge in [0.1, 0.15) is 0 Å². The molecule has 1 aliphatic rings. The Kier molecular flexibility index (Phi) is 4.85. The van der Waals surface area contributed by atoms with Crippen LogP contribution < -0.4 is 10.6 Å². The normalized spacial score (nSPS) is 15.7. The van der Waals surface area contributed by atoms with Crippen LogP contribution in [0.2, 0.25) is 0 Å². The summed E-state index contributed by atoms with van der Waals surface area (Å²) in [5.41, 5.74) is 0.889. The van der Waals surface area contributed by atoms with E-state index in [1.54, 1.807) is 6.07 Å². The van der Waals surface area contributed by atoms with Crippen molar-refractivity contribution >= 4 is 27.6 Å². The van der Waals surface area contributed by atoms with Gasteiger partial charge >= 0.3 is 6.03 Å². The lowest BCUT2D eigenvalue weighted by molar-refractivity contribution is 0.151. The van der Waals surface area contributed by atoms with E-state index in [1.165, 1.54) is 18.2 Å². The van der Waals surface area contributed by atoms with Crippen LogP contribution in [0.15, 0.2) is 53.0 Å². The van der Waals surface area contributed by atoms with Crippen LogP contribution in [-0.2, 0) is 5.54 Å². The minimum atomic E-state index is -2.56. The third-order valence-electron chi connectivity index (χ3n) is 4.33. The van der Waals surface area contributed by atoms with Crippen molar-refractivity contribution in [3.63, 3.8) is 0 Å². The summed E-state index contributed by atoms with van der Waals surface area (Å²) in [6.07, 6.45) is 0.185. The minimum Gasteiger partial charge on any atom is -0.328 e. The number of benzene rings is 2. The van der Waals surface area contributed by atoms with Crippen LogP contribution in [0.3, 0.4) is 0 Å². The average molecular weight is 395 g/mol. The van der Waals surface area contributed by atoms with E-state index in [9.17, 15) is 13.6 Å². The molecule has 0 bridgehead atoms. The maximum Gasteiger partial charge on any atom is 0.319 e. The van der Waals surface area contributed by atoms with Gasteiger partial charge in [-0.25, -0.2) is 13.6 Å². The van der Waals surface area contributed by atoms with Crippen LogP contribution in [0.1, 0.15) is 36.8 Å². The molecule has 3 rings (SSSR count). The molecular formula is C18H17BrF2N2O. The molecule has 0 unspecified atom stereocenters. The Balaban J connectivity index is 1.73. The van der Waals surface area contributed by atoms with Gasteiger partial charge < -0.3 is 10.6 Å². The van der Waals surface area contributed by atoms with Crippen molar-refractivity contribution in [3.05, 3.63) is 64.1 Å². The smallest absolute Gasteiger partial charge is 0.319 e. The zero-order valence-electron chi connectivity index (χ0n) is 12.9. The second kappa shape index (κ2) is 6.89. The second-order valence-electron chi connectivity index (χ2n) is 5.95. The number of anilines is 1. The first-order chi connectivity index (χ1) is 11.5. The lowest BCUT2D eigenvalue weighted by Gasteiger charge is -2.43. The van der Waals surface area contributed by atoms with Crippen LogP contribution in [0, 0.1) is 0 Å². The van der Waals surface area contributed by atoms with Gasteiger partial charge in [-0.15, -0.1) is 0 Å². The molecule has 0 radical (unpaired) electrons. The quantitative estimate of drug-likeness (QED) is 0.697. The Hall–Kier alpha value is -1.95. The highest BCUT2D eigenvalue weighted by Crippen LogP contribution is 2.42. The van der Waals surface area contributed by atoms with Crippen molar-refractivity contribution in [2.24, 2.45) is 0 Å². The van der Waals surface area contributed by atoms with Crippen LogP contribution in [0.25, 0.3) is 0 Å². The number of hydrogen-bond donors (Lipinski definition) is 2. The Bertz CT molecular complexity index is 747. The van der Waals surface area contributed by atoms with Gasteiger partial charge in [0.25, 0.3) is 6.43 Å². The van der Waals surface area contributed by atoms with Crippen LogP contribution in [-0.4, -0.2) is 6.03 Å². The molecule has 1 fully saturated rings. The third-order valence-corrected chi connectivity index (χ3v) is 4.83. The number of carbonyl (C=O) groups is 1. The molecule has 1 saturated carbocycles. The summed E-state index contributed by atoms with van der Waals surface area (Å²) < 4.78 is 26.4. The van der Waals surface area contributed by atoms with E-state index in [1.807, 2.05) is 24.3 Å². The zero-order valence-corrected chi connectivity index (χ0v) is 14.4. The van der Waals surface area contributed by atoms with E-state index in [0.29, 0.717) is 5.69 Å². The highest BCUT2D eigenvalue weighted by molar-refractivity contribution is 9.10. The van der Waals surface area contributed by atoms with Gasteiger partial charge in [0.15, 0.2) is 0 Å². The summed E-state index contributed by atoms with van der Waals surface area (Å²) in [6.45, 7) is 0. The Morgan fingerprint density at radius 2 is 1.88 bits per heavy atom. The predicted octanol–water partition coefficient (Wildman–Crippen LogP) is 5.59. The molecule has 126 valence electrons. The summed E-state index contributed by atoms with van der Waals surface area (Å²) in [6, 6.07) is 13.2. The maximum absolute atomic E-state index is 12.7. The molecule has 2 aromatic carbocycles. The van der Waals surface area contributed by atoms with Gasteiger partial charge in [-0.3, -0.25) is 0 Å². The highest BCUT2D eigenvalue weighted by atomic mass is 79.9. The fraction of sp³-hybridized carbons (Fsp3) is 0.278. The highest BCUT2D eigenvalue weighted by Gasteiger charge is 2.40. The van der Waals surface area contributed by atoms with Gasteiger partial charge in [0.2, 0.25) is 0 Å². The first-order valence-corrected chi connectivity index (χ1v) is 8.51. The molecule has 2 N–H and O–H groups in total. The van der Waals surface area contributed by atoms with E-state index in [-0.39, 0.29) is 11.6 Å². The SMILES string of the molecule is O=C(Nc1cccc(C(F)F)c1)NC1(c2cccc(Br)c2)CCC1.